The molecule has 0 heterocycles. The molecule has 0 aliphatic carbocycles. The SMILES string of the molecule is CCCC(F)(F)S(=O)(=O)[O-].[Na+]. The van der Waals surface area contributed by atoms with Gasteiger partial charge in [-0.25, -0.2) is 8.42 Å². The van der Waals surface area contributed by atoms with Crippen LogP contribution in [0.4, 0.5) is 8.78 Å². The average molecular weight is 196 g/mol. The van der Waals surface area contributed by atoms with Crippen molar-refractivity contribution in [1.29, 1.82) is 0 Å². The van der Waals surface area contributed by atoms with Crippen molar-refractivity contribution in [3.63, 3.8) is 0 Å². The summed E-state index contributed by atoms with van der Waals surface area (Å²) < 4.78 is 53.3. The van der Waals surface area contributed by atoms with Crippen LogP contribution in [0.3, 0.4) is 0 Å². The van der Waals surface area contributed by atoms with Gasteiger partial charge in [-0.1, -0.05) is 6.92 Å². The van der Waals surface area contributed by atoms with Crippen LogP contribution in [0.5, 0.6) is 0 Å². The maximum Gasteiger partial charge on any atom is 1.00 e. The number of hydrogen-bond acceptors (Lipinski definition) is 3. The minimum Gasteiger partial charge on any atom is -0.743 e. The van der Waals surface area contributed by atoms with Gasteiger partial charge in [-0.15, -0.1) is 0 Å². The predicted molar refractivity (Wildman–Crippen MR) is 29.6 cm³/mol. The van der Waals surface area contributed by atoms with E-state index in [1.54, 1.807) is 0 Å². The Labute approximate surface area is 86.2 Å². The van der Waals surface area contributed by atoms with Gasteiger partial charge in [0.1, 0.15) is 0 Å². The maximum atomic E-state index is 12.0. The summed E-state index contributed by atoms with van der Waals surface area (Å²) in [6, 6.07) is 0. The topological polar surface area (TPSA) is 57.2 Å². The van der Waals surface area contributed by atoms with Gasteiger partial charge in [0.15, 0.2) is 10.1 Å². The molecule has 0 aliphatic rings. The van der Waals surface area contributed by atoms with Gasteiger partial charge in [-0.3, -0.25) is 0 Å². The molecule has 0 unspecified atom stereocenters. The number of rotatable bonds is 3. The molecule has 3 nitrogen and oxygen atoms in total. The Morgan fingerprint density at radius 3 is 1.91 bits per heavy atom. The molecule has 0 fully saturated rings. The van der Waals surface area contributed by atoms with Gasteiger partial charge < -0.3 is 4.55 Å². The summed E-state index contributed by atoms with van der Waals surface area (Å²) in [5, 5.41) is -4.10. The summed E-state index contributed by atoms with van der Waals surface area (Å²) in [7, 11) is -5.45. The molecule has 0 saturated carbocycles. The quantitative estimate of drug-likeness (QED) is 0.385. The molecule has 0 atom stereocenters. The van der Waals surface area contributed by atoms with E-state index in [1.807, 2.05) is 0 Å². The van der Waals surface area contributed by atoms with Crippen LogP contribution in [0.25, 0.3) is 0 Å². The van der Waals surface area contributed by atoms with Crippen molar-refractivity contribution in [1.82, 2.24) is 0 Å². The third kappa shape index (κ3) is 4.37. The smallest absolute Gasteiger partial charge is 0.743 e. The van der Waals surface area contributed by atoms with Crippen molar-refractivity contribution >= 4 is 10.1 Å². The van der Waals surface area contributed by atoms with Crippen LogP contribution in [0.15, 0.2) is 0 Å². The van der Waals surface area contributed by atoms with Gasteiger partial charge in [-0.05, 0) is 6.42 Å². The third-order valence-electron chi connectivity index (χ3n) is 0.907. The normalized spacial score (nSPS) is 12.4. The molecular weight excluding hydrogens is 189 g/mol. The van der Waals surface area contributed by atoms with Gasteiger partial charge in [0.2, 0.25) is 0 Å². The monoisotopic (exact) mass is 196 g/mol. The Balaban J connectivity index is 0. The standard InChI is InChI=1S/C4H8F2O3S.Na/c1-2-3-4(5,6)10(7,8)9;/h2-3H2,1H3,(H,7,8,9);/q;+1/p-1. The minimum atomic E-state index is -5.45. The zero-order valence-corrected chi connectivity index (χ0v) is 9.12. The first-order valence-electron chi connectivity index (χ1n) is 2.64. The van der Waals surface area contributed by atoms with Crippen LogP contribution >= 0.6 is 0 Å². The average Bonchev–Trinajstić information content (AvgIpc) is 1.61. The molecule has 0 aromatic rings. The molecule has 11 heavy (non-hydrogen) atoms. The van der Waals surface area contributed by atoms with E-state index in [0.717, 1.165) is 0 Å². The van der Waals surface area contributed by atoms with Crippen LogP contribution in [0.1, 0.15) is 19.8 Å². The molecule has 0 radical (unpaired) electrons. The molecule has 0 N–H and O–H groups in total. The van der Waals surface area contributed by atoms with E-state index < -0.39 is 21.8 Å². The van der Waals surface area contributed by atoms with Gasteiger partial charge in [-0.2, -0.15) is 8.78 Å². The van der Waals surface area contributed by atoms with E-state index in [0.29, 0.717) is 0 Å². The predicted octanol–water partition coefficient (Wildman–Crippen LogP) is -2.07. The van der Waals surface area contributed by atoms with Gasteiger partial charge in [0.25, 0.3) is 0 Å². The van der Waals surface area contributed by atoms with Crippen molar-refractivity contribution in [2.45, 2.75) is 25.0 Å². The first-order valence-corrected chi connectivity index (χ1v) is 4.05. The van der Waals surface area contributed by atoms with E-state index in [1.165, 1.54) is 6.92 Å². The van der Waals surface area contributed by atoms with Crippen molar-refractivity contribution < 1.29 is 51.3 Å². The Kier molecular flexibility index (Phi) is 6.13. The fourth-order valence-corrected chi connectivity index (χ4v) is 0.870. The molecule has 0 aliphatic heterocycles. The zero-order chi connectivity index (χ0) is 8.41. The van der Waals surface area contributed by atoms with E-state index >= 15 is 0 Å². The second kappa shape index (κ2) is 4.71. The van der Waals surface area contributed by atoms with Crippen LogP contribution in [0, 0.1) is 0 Å². The number of alkyl halides is 2. The molecule has 0 bridgehead atoms. The van der Waals surface area contributed by atoms with Crippen LogP contribution < -0.4 is 29.6 Å². The van der Waals surface area contributed by atoms with Gasteiger partial charge >= 0.3 is 34.8 Å². The van der Waals surface area contributed by atoms with Crippen molar-refractivity contribution in [2.75, 3.05) is 0 Å². The van der Waals surface area contributed by atoms with Gasteiger partial charge in [0.05, 0.1) is 0 Å². The Hall–Kier alpha value is 0.770. The molecule has 0 saturated heterocycles. The molecule has 0 spiro atoms. The van der Waals surface area contributed by atoms with E-state index in [4.69, 9.17) is 0 Å². The fourth-order valence-electron chi connectivity index (χ4n) is 0.416. The molecule has 62 valence electrons. The first-order chi connectivity index (χ1) is 4.31. The largest absolute Gasteiger partial charge is 1.00 e. The number of halogens is 2. The second-order valence-electron chi connectivity index (χ2n) is 1.84. The third-order valence-corrected chi connectivity index (χ3v) is 1.84. The van der Waals surface area contributed by atoms with Crippen molar-refractivity contribution in [3.05, 3.63) is 0 Å². The minimum absolute atomic E-state index is 0. The summed E-state index contributed by atoms with van der Waals surface area (Å²) in [6.07, 6.45) is -0.937. The first kappa shape index (κ1) is 14.3. The molecule has 0 amide bonds. The Morgan fingerprint density at radius 2 is 1.82 bits per heavy atom. The van der Waals surface area contributed by atoms with Crippen molar-refractivity contribution in [2.24, 2.45) is 0 Å². The zero-order valence-electron chi connectivity index (χ0n) is 6.30. The van der Waals surface area contributed by atoms with E-state index in [9.17, 15) is 21.8 Å². The number of hydrogen-bond donors (Lipinski definition) is 0. The van der Waals surface area contributed by atoms with Gasteiger partial charge in [0, 0.05) is 6.42 Å². The van der Waals surface area contributed by atoms with Crippen molar-refractivity contribution in [3.8, 4) is 0 Å². The fraction of sp³-hybridized carbons (Fsp3) is 1.00. The summed E-state index contributed by atoms with van der Waals surface area (Å²) in [4.78, 5) is 0. The summed E-state index contributed by atoms with van der Waals surface area (Å²) >= 11 is 0. The van der Waals surface area contributed by atoms with E-state index in [-0.39, 0.29) is 36.0 Å². The molecule has 7 heteroatoms. The van der Waals surface area contributed by atoms with Crippen LogP contribution in [-0.4, -0.2) is 18.2 Å². The Morgan fingerprint density at radius 1 is 1.45 bits per heavy atom. The molecule has 0 aromatic carbocycles. The Bertz CT molecular complexity index is 201. The summed E-state index contributed by atoms with van der Waals surface area (Å²) in [6.45, 7) is 1.37. The van der Waals surface area contributed by atoms with E-state index in [2.05, 4.69) is 0 Å². The van der Waals surface area contributed by atoms with Crippen LogP contribution in [-0.2, 0) is 10.1 Å². The molecule has 0 aromatic heterocycles. The summed E-state index contributed by atoms with van der Waals surface area (Å²) in [5.74, 6) is 0. The van der Waals surface area contributed by atoms with Crippen LogP contribution in [0.2, 0.25) is 0 Å². The summed E-state index contributed by atoms with van der Waals surface area (Å²) in [5.41, 5.74) is 0. The second-order valence-corrected chi connectivity index (χ2v) is 3.35. The molecule has 0 rings (SSSR count). The molecular formula is C4H7F2NaO3S. The maximum absolute atomic E-state index is 12.0.